The number of rotatable bonds is 5. The number of Topliss-reactive ketones (excluding diaryl/α,β-unsaturated/α-hetero) is 1. The zero-order chi connectivity index (χ0) is 24.4. The molecule has 0 bridgehead atoms. The molecule has 9 heteroatoms. The van der Waals surface area contributed by atoms with Crippen molar-refractivity contribution in [3.05, 3.63) is 52.3 Å². The van der Waals surface area contributed by atoms with E-state index in [0.717, 1.165) is 29.7 Å². The second-order valence-electron chi connectivity index (χ2n) is 10.5. The van der Waals surface area contributed by atoms with Crippen LogP contribution < -0.4 is 9.04 Å². The molecule has 180 valence electrons. The van der Waals surface area contributed by atoms with E-state index in [1.165, 1.54) is 10.6 Å². The van der Waals surface area contributed by atoms with Crippen LogP contribution in [-0.4, -0.2) is 55.9 Å². The fourth-order valence-electron chi connectivity index (χ4n) is 4.64. The fraction of sp³-hybridized carbons (Fsp3) is 0.480. The first kappa shape index (κ1) is 22.8. The first-order valence-electron chi connectivity index (χ1n) is 11.6. The van der Waals surface area contributed by atoms with Crippen LogP contribution in [0.2, 0.25) is 0 Å². The third-order valence-corrected chi connectivity index (χ3v) is 7.82. The number of pyridine rings is 1. The summed E-state index contributed by atoms with van der Waals surface area (Å²) >= 11 is 0. The number of fused-ring (bicyclic) bond motifs is 2. The van der Waals surface area contributed by atoms with Crippen LogP contribution in [0.3, 0.4) is 0 Å². The van der Waals surface area contributed by atoms with Crippen LogP contribution in [0.5, 0.6) is 5.75 Å². The Morgan fingerprint density at radius 3 is 2.62 bits per heavy atom. The van der Waals surface area contributed by atoms with Crippen molar-refractivity contribution in [3.8, 4) is 5.75 Å². The van der Waals surface area contributed by atoms with Gasteiger partial charge < -0.3 is 9.64 Å². The minimum Gasteiger partial charge on any atom is -0.489 e. The number of sulfonamides is 1. The van der Waals surface area contributed by atoms with E-state index in [1.54, 1.807) is 11.0 Å². The molecule has 0 amide bonds. The molecule has 34 heavy (non-hydrogen) atoms. The summed E-state index contributed by atoms with van der Waals surface area (Å²) in [5.41, 5.74) is 3.90. The van der Waals surface area contributed by atoms with Gasteiger partial charge in [0.1, 0.15) is 23.9 Å². The van der Waals surface area contributed by atoms with Gasteiger partial charge in [0.15, 0.2) is 5.78 Å². The van der Waals surface area contributed by atoms with E-state index < -0.39 is 10.0 Å². The maximum absolute atomic E-state index is 13.4. The largest absolute Gasteiger partial charge is 0.489 e. The van der Waals surface area contributed by atoms with Gasteiger partial charge in [0.25, 0.3) is 0 Å². The minimum absolute atomic E-state index is 0.0239. The topological polar surface area (TPSA) is 104 Å². The van der Waals surface area contributed by atoms with Gasteiger partial charge in [0, 0.05) is 34.8 Å². The number of anilines is 1. The number of ketones is 1. The average molecular weight is 483 g/mol. The first-order chi connectivity index (χ1) is 15.9. The van der Waals surface area contributed by atoms with Crippen LogP contribution in [0.15, 0.2) is 24.3 Å². The molecule has 2 aromatic rings. The molecule has 1 aromatic heterocycles. The van der Waals surface area contributed by atoms with Crippen molar-refractivity contribution in [2.24, 2.45) is 0 Å². The monoisotopic (exact) mass is 482 g/mol. The van der Waals surface area contributed by atoms with Gasteiger partial charge in [-0.1, -0.05) is 26.8 Å². The van der Waals surface area contributed by atoms with Crippen molar-refractivity contribution in [1.29, 1.82) is 5.41 Å². The van der Waals surface area contributed by atoms with Gasteiger partial charge in [-0.15, -0.1) is 0 Å². The van der Waals surface area contributed by atoms with Crippen LogP contribution in [0.4, 0.5) is 5.69 Å². The van der Waals surface area contributed by atoms with Crippen molar-refractivity contribution < 1.29 is 17.9 Å². The van der Waals surface area contributed by atoms with Crippen LogP contribution in [0, 0.1) is 5.41 Å². The summed E-state index contributed by atoms with van der Waals surface area (Å²) in [7, 11) is -3.53. The Bertz CT molecular complexity index is 1310. The van der Waals surface area contributed by atoms with E-state index >= 15 is 0 Å². The van der Waals surface area contributed by atoms with Crippen molar-refractivity contribution >= 4 is 27.3 Å². The van der Waals surface area contributed by atoms with Crippen LogP contribution in [0.25, 0.3) is 0 Å². The second-order valence-corrected chi connectivity index (χ2v) is 12.4. The molecule has 0 spiro atoms. The highest BCUT2D eigenvalue weighted by Crippen LogP contribution is 2.43. The highest BCUT2D eigenvalue weighted by molar-refractivity contribution is 7.92. The first-order valence-corrected chi connectivity index (χ1v) is 13.4. The van der Waals surface area contributed by atoms with Crippen LogP contribution in [-0.2, 0) is 22.0 Å². The fourth-order valence-corrected chi connectivity index (χ4v) is 5.54. The highest BCUT2D eigenvalue weighted by atomic mass is 32.2. The second kappa shape index (κ2) is 7.80. The molecule has 8 nitrogen and oxygen atoms in total. The molecular weight excluding hydrogens is 452 g/mol. The lowest BCUT2D eigenvalue weighted by molar-refractivity contribution is 0.0962. The Balaban J connectivity index is 1.46. The Labute approximate surface area is 200 Å². The normalized spacial score (nSPS) is 17.9. The number of benzene rings is 1. The smallest absolute Gasteiger partial charge is 0.232 e. The number of ether oxygens (including phenoxy) is 1. The van der Waals surface area contributed by atoms with Crippen molar-refractivity contribution in [1.82, 2.24) is 9.88 Å². The van der Waals surface area contributed by atoms with E-state index in [4.69, 9.17) is 15.1 Å². The van der Waals surface area contributed by atoms with Crippen molar-refractivity contribution in [2.75, 3.05) is 30.3 Å². The minimum atomic E-state index is -3.53. The molecule has 2 aliphatic heterocycles. The lowest BCUT2D eigenvalue weighted by Gasteiger charge is -2.34. The van der Waals surface area contributed by atoms with Gasteiger partial charge >= 0.3 is 0 Å². The Hall–Kier alpha value is -2.94. The predicted molar refractivity (Wildman–Crippen MR) is 131 cm³/mol. The molecule has 0 atom stereocenters. The number of carbonyl (C=O) groups is 1. The van der Waals surface area contributed by atoms with E-state index in [0.29, 0.717) is 35.2 Å². The van der Waals surface area contributed by atoms with Crippen molar-refractivity contribution in [3.63, 3.8) is 0 Å². The van der Waals surface area contributed by atoms with Gasteiger partial charge in [-0.2, -0.15) is 0 Å². The standard InChI is InChI=1S/C25H30N4O4S/c1-25(2,3)18-11-17(12-20-23(18)33-10-9-29(20)34(4,31)32)21(30)14-28-13-16-7-8-19(15-5-6-15)27-22(16)24(28)26/h7-8,11-12,15,26H,5-6,9-10,13-14H2,1-4H3. The molecule has 0 saturated heterocycles. The number of amidine groups is 1. The van der Waals surface area contributed by atoms with Gasteiger partial charge in [0.2, 0.25) is 10.0 Å². The number of carbonyl (C=O) groups excluding carboxylic acids is 1. The average Bonchev–Trinajstić information content (AvgIpc) is 3.57. The third-order valence-electron chi connectivity index (χ3n) is 6.64. The summed E-state index contributed by atoms with van der Waals surface area (Å²) in [6.07, 6.45) is 3.45. The summed E-state index contributed by atoms with van der Waals surface area (Å²) in [4.78, 5) is 19.9. The lowest BCUT2D eigenvalue weighted by atomic mass is 9.84. The molecule has 1 saturated carbocycles. The molecule has 0 unspecified atom stereocenters. The highest BCUT2D eigenvalue weighted by Gasteiger charge is 2.34. The summed E-state index contributed by atoms with van der Waals surface area (Å²) in [6.45, 7) is 6.98. The Kier molecular flexibility index (Phi) is 5.24. The summed E-state index contributed by atoms with van der Waals surface area (Å²) in [5.74, 6) is 1.10. The molecule has 1 aliphatic carbocycles. The summed E-state index contributed by atoms with van der Waals surface area (Å²) in [5, 5.41) is 8.61. The predicted octanol–water partition coefficient (Wildman–Crippen LogP) is 3.44. The van der Waals surface area contributed by atoms with E-state index in [-0.39, 0.29) is 36.7 Å². The van der Waals surface area contributed by atoms with Gasteiger partial charge in [0.05, 0.1) is 25.0 Å². The zero-order valence-electron chi connectivity index (χ0n) is 20.0. The number of nitrogens with one attached hydrogen (secondary N) is 1. The van der Waals surface area contributed by atoms with Crippen LogP contribution >= 0.6 is 0 Å². The molecule has 0 radical (unpaired) electrons. The van der Waals surface area contributed by atoms with E-state index in [2.05, 4.69) is 0 Å². The Morgan fingerprint density at radius 1 is 1.24 bits per heavy atom. The van der Waals surface area contributed by atoms with Crippen LogP contribution in [0.1, 0.15) is 72.4 Å². The molecule has 1 fully saturated rings. The van der Waals surface area contributed by atoms with E-state index in [1.807, 2.05) is 39.0 Å². The molecule has 3 aliphatic rings. The summed E-state index contributed by atoms with van der Waals surface area (Å²) < 4.78 is 32.1. The number of hydrogen-bond donors (Lipinski definition) is 1. The third kappa shape index (κ3) is 4.06. The van der Waals surface area contributed by atoms with Gasteiger partial charge in [-0.25, -0.2) is 13.4 Å². The Morgan fingerprint density at radius 2 is 1.97 bits per heavy atom. The molecule has 1 aromatic carbocycles. The molecule has 1 N–H and O–H groups in total. The lowest BCUT2D eigenvalue weighted by Crippen LogP contribution is -2.38. The number of nitrogens with zero attached hydrogens (tertiary/aromatic N) is 3. The SMILES string of the molecule is CC(C)(C)c1cc(C(=O)CN2Cc3ccc(C4CC4)nc3C2=N)cc2c1OCCN2S(C)(=O)=O. The van der Waals surface area contributed by atoms with Gasteiger partial charge in [-0.3, -0.25) is 14.5 Å². The van der Waals surface area contributed by atoms with Gasteiger partial charge in [-0.05, 0) is 36.5 Å². The molecular formula is C25H30N4O4S. The maximum atomic E-state index is 13.4. The van der Waals surface area contributed by atoms with E-state index in [9.17, 15) is 13.2 Å². The molecule has 5 rings (SSSR count). The number of aromatic nitrogens is 1. The molecule has 3 heterocycles. The summed E-state index contributed by atoms with van der Waals surface area (Å²) in [6, 6.07) is 7.48. The maximum Gasteiger partial charge on any atom is 0.232 e. The zero-order valence-corrected chi connectivity index (χ0v) is 20.8. The number of hydrogen-bond acceptors (Lipinski definition) is 6. The van der Waals surface area contributed by atoms with Crippen molar-refractivity contribution in [2.45, 2.75) is 51.5 Å². The quantitative estimate of drug-likeness (QED) is 0.655.